The summed E-state index contributed by atoms with van der Waals surface area (Å²) in [6.45, 7) is 3.92. The topological polar surface area (TPSA) is 43.8 Å². The fourth-order valence-electron chi connectivity index (χ4n) is 3.60. The number of hydrogen-bond acceptors (Lipinski definition) is 3. The van der Waals surface area contributed by atoms with Gasteiger partial charge >= 0.3 is 0 Å². The Morgan fingerprint density at radius 3 is 2.48 bits per heavy atom. The number of benzene rings is 3. The number of carbonyl (C=O) groups is 1. The minimum atomic E-state index is -0.0401. The smallest absolute Gasteiger partial charge is 0.253 e. The summed E-state index contributed by atoms with van der Waals surface area (Å²) in [6, 6.07) is 19.5. The number of fused-ring (bicyclic) bond motifs is 1. The number of phenols is 1. The standard InChI is InChI=1S/C22H21ClN2O2/c23-20-14-17(8-9-21(20)26)22(27)25-12-10-24(11-13-25)15-18-6-3-5-16-4-1-2-7-19(16)18/h1-9,14,26H,10-13,15H2. The molecule has 0 unspecified atom stereocenters. The molecule has 1 heterocycles. The zero-order valence-electron chi connectivity index (χ0n) is 14.9. The molecular weight excluding hydrogens is 360 g/mol. The maximum Gasteiger partial charge on any atom is 0.253 e. The average molecular weight is 381 g/mol. The van der Waals surface area contributed by atoms with E-state index in [0.717, 1.165) is 19.6 Å². The van der Waals surface area contributed by atoms with Crippen LogP contribution >= 0.6 is 11.6 Å². The van der Waals surface area contributed by atoms with Gasteiger partial charge in [0, 0.05) is 38.3 Å². The van der Waals surface area contributed by atoms with Crippen molar-refractivity contribution in [1.82, 2.24) is 9.80 Å². The maximum atomic E-state index is 12.7. The fraction of sp³-hybridized carbons (Fsp3) is 0.227. The van der Waals surface area contributed by atoms with Gasteiger partial charge < -0.3 is 10.0 Å². The van der Waals surface area contributed by atoms with Crippen LogP contribution in [0.1, 0.15) is 15.9 Å². The average Bonchev–Trinajstić information content (AvgIpc) is 2.70. The predicted octanol–water partition coefficient (Wildman–Crippen LogP) is 4.16. The molecule has 0 aliphatic carbocycles. The van der Waals surface area contributed by atoms with E-state index in [1.54, 1.807) is 6.07 Å². The van der Waals surface area contributed by atoms with Gasteiger partial charge in [-0.3, -0.25) is 9.69 Å². The molecular formula is C22H21ClN2O2. The van der Waals surface area contributed by atoms with Gasteiger partial charge in [0.25, 0.3) is 5.91 Å². The lowest BCUT2D eigenvalue weighted by Crippen LogP contribution is -2.48. The Morgan fingerprint density at radius 1 is 0.963 bits per heavy atom. The number of piperazine rings is 1. The highest BCUT2D eigenvalue weighted by Crippen LogP contribution is 2.25. The van der Waals surface area contributed by atoms with E-state index >= 15 is 0 Å². The van der Waals surface area contributed by atoms with E-state index in [-0.39, 0.29) is 16.7 Å². The molecule has 1 fully saturated rings. The molecule has 1 amide bonds. The summed E-state index contributed by atoms with van der Waals surface area (Å²) in [6.07, 6.45) is 0. The molecule has 3 aromatic rings. The molecule has 0 atom stereocenters. The van der Waals surface area contributed by atoms with E-state index in [2.05, 4.69) is 47.4 Å². The second kappa shape index (κ2) is 7.59. The van der Waals surface area contributed by atoms with Crippen LogP contribution in [0.2, 0.25) is 5.02 Å². The summed E-state index contributed by atoms with van der Waals surface area (Å²) in [5, 5.41) is 12.3. The van der Waals surface area contributed by atoms with Crippen LogP contribution in [0, 0.1) is 0 Å². The highest BCUT2D eigenvalue weighted by Gasteiger charge is 2.23. The molecule has 0 bridgehead atoms. The van der Waals surface area contributed by atoms with Crippen LogP contribution in [0.4, 0.5) is 0 Å². The van der Waals surface area contributed by atoms with Crippen molar-refractivity contribution in [3.8, 4) is 5.75 Å². The van der Waals surface area contributed by atoms with Gasteiger partial charge in [-0.2, -0.15) is 0 Å². The van der Waals surface area contributed by atoms with Crippen molar-refractivity contribution >= 4 is 28.3 Å². The SMILES string of the molecule is O=C(c1ccc(O)c(Cl)c1)N1CCN(Cc2cccc3ccccc23)CC1. The van der Waals surface area contributed by atoms with E-state index in [4.69, 9.17) is 11.6 Å². The fourth-order valence-corrected chi connectivity index (χ4v) is 3.78. The summed E-state index contributed by atoms with van der Waals surface area (Å²) in [5.74, 6) is -0.0464. The highest BCUT2D eigenvalue weighted by atomic mass is 35.5. The van der Waals surface area contributed by atoms with Gasteiger partial charge in [-0.15, -0.1) is 0 Å². The lowest BCUT2D eigenvalue weighted by Gasteiger charge is -2.35. The Kier molecular flexibility index (Phi) is 5.01. The van der Waals surface area contributed by atoms with Crippen LogP contribution in [0.25, 0.3) is 10.8 Å². The normalized spacial score (nSPS) is 15.2. The lowest BCUT2D eigenvalue weighted by molar-refractivity contribution is 0.0629. The second-order valence-electron chi connectivity index (χ2n) is 6.87. The number of rotatable bonds is 3. The van der Waals surface area contributed by atoms with Gasteiger partial charge in [0.05, 0.1) is 5.02 Å². The van der Waals surface area contributed by atoms with Gasteiger partial charge in [-0.05, 0) is 34.5 Å². The molecule has 3 aromatic carbocycles. The lowest BCUT2D eigenvalue weighted by atomic mass is 10.0. The Bertz CT molecular complexity index is 976. The number of aromatic hydroxyl groups is 1. The van der Waals surface area contributed by atoms with E-state index < -0.39 is 0 Å². The van der Waals surface area contributed by atoms with Crippen molar-refractivity contribution in [1.29, 1.82) is 0 Å². The van der Waals surface area contributed by atoms with Gasteiger partial charge in [-0.25, -0.2) is 0 Å². The third-order valence-corrected chi connectivity index (χ3v) is 5.43. The number of phenolic OH excluding ortho intramolecular Hbond substituents is 1. The van der Waals surface area contributed by atoms with Gasteiger partial charge in [0.1, 0.15) is 5.75 Å². The van der Waals surface area contributed by atoms with E-state index in [1.165, 1.54) is 28.5 Å². The number of carbonyl (C=O) groups excluding carboxylic acids is 1. The molecule has 1 N–H and O–H groups in total. The zero-order chi connectivity index (χ0) is 18.8. The molecule has 1 saturated heterocycles. The molecule has 138 valence electrons. The van der Waals surface area contributed by atoms with E-state index in [9.17, 15) is 9.90 Å². The summed E-state index contributed by atoms with van der Waals surface area (Å²) in [5.41, 5.74) is 1.83. The third-order valence-electron chi connectivity index (χ3n) is 5.13. The molecule has 1 aliphatic heterocycles. The minimum Gasteiger partial charge on any atom is -0.506 e. The van der Waals surface area contributed by atoms with Crippen molar-refractivity contribution in [2.24, 2.45) is 0 Å². The van der Waals surface area contributed by atoms with Crippen molar-refractivity contribution < 1.29 is 9.90 Å². The highest BCUT2D eigenvalue weighted by molar-refractivity contribution is 6.32. The largest absolute Gasteiger partial charge is 0.506 e. The first-order chi connectivity index (χ1) is 13.1. The van der Waals surface area contributed by atoms with Crippen LogP contribution in [0.15, 0.2) is 60.7 Å². The monoisotopic (exact) mass is 380 g/mol. The van der Waals surface area contributed by atoms with E-state index in [1.807, 2.05) is 4.90 Å². The van der Waals surface area contributed by atoms with Crippen molar-refractivity contribution in [3.63, 3.8) is 0 Å². The molecule has 0 radical (unpaired) electrons. The summed E-state index contributed by atoms with van der Waals surface area (Å²) >= 11 is 5.93. The summed E-state index contributed by atoms with van der Waals surface area (Å²) in [7, 11) is 0. The van der Waals surface area contributed by atoms with Crippen LogP contribution in [-0.4, -0.2) is 47.0 Å². The quantitative estimate of drug-likeness (QED) is 0.742. The molecule has 4 rings (SSSR count). The zero-order valence-corrected chi connectivity index (χ0v) is 15.7. The van der Waals surface area contributed by atoms with Crippen LogP contribution in [-0.2, 0) is 6.54 Å². The van der Waals surface area contributed by atoms with Gasteiger partial charge in [0.15, 0.2) is 0 Å². The van der Waals surface area contributed by atoms with Crippen LogP contribution < -0.4 is 0 Å². The molecule has 5 heteroatoms. The Hall–Kier alpha value is -2.56. The molecule has 1 aliphatic rings. The van der Waals surface area contributed by atoms with Crippen molar-refractivity contribution in [2.45, 2.75) is 6.54 Å². The van der Waals surface area contributed by atoms with E-state index in [0.29, 0.717) is 18.7 Å². The first kappa shape index (κ1) is 17.8. The van der Waals surface area contributed by atoms with Crippen LogP contribution in [0.3, 0.4) is 0 Å². The number of halogens is 1. The summed E-state index contributed by atoms with van der Waals surface area (Å²) in [4.78, 5) is 16.9. The summed E-state index contributed by atoms with van der Waals surface area (Å²) < 4.78 is 0. The van der Waals surface area contributed by atoms with Gasteiger partial charge in [0.2, 0.25) is 0 Å². The number of nitrogens with zero attached hydrogens (tertiary/aromatic N) is 2. The third kappa shape index (κ3) is 3.77. The Labute approximate surface area is 163 Å². The van der Waals surface area contributed by atoms with Crippen LogP contribution in [0.5, 0.6) is 5.75 Å². The molecule has 0 saturated carbocycles. The number of amides is 1. The Morgan fingerprint density at radius 2 is 1.70 bits per heavy atom. The molecule has 0 aromatic heterocycles. The molecule has 27 heavy (non-hydrogen) atoms. The number of hydrogen-bond donors (Lipinski definition) is 1. The first-order valence-corrected chi connectivity index (χ1v) is 9.46. The van der Waals surface area contributed by atoms with Crippen molar-refractivity contribution in [2.75, 3.05) is 26.2 Å². The Balaban J connectivity index is 1.41. The second-order valence-corrected chi connectivity index (χ2v) is 7.28. The van der Waals surface area contributed by atoms with Gasteiger partial charge in [-0.1, -0.05) is 54.1 Å². The van der Waals surface area contributed by atoms with Crippen molar-refractivity contribution in [3.05, 3.63) is 76.8 Å². The minimum absolute atomic E-state index is 0.00637. The molecule has 0 spiro atoms. The molecule has 4 nitrogen and oxygen atoms in total. The predicted molar refractivity (Wildman–Crippen MR) is 108 cm³/mol. The maximum absolute atomic E-state index is 12.7. The first-order valence-electron chi connectivity index (χ1n) is 9.08.